The van der Waals surface area contributed by atoms with Gasteiger partial charge in [0.05, 0.1) is 17.1 Å². The van der Waals surface area contributed by atoms with Crippen molar-refractivity contribution < 1.29 is 9.59 Å². The molecule has 0 bridgehead atoms. The van der Waals surface area contributed by atoms with Crippen molar-refractivity contribution >= 4 is 51.7 Å². The summed E-state index contributed by atoms with van der Waals surface area (Å²) in [5.41, 5.74) is 8.09. The number of aromatic nitrogens is 3. The Morgan fingerprint density at radius 3 is 2.44 bits per heavy atom. The van der Waals surface area contributed by atoms with Gasteiger partial charge in [-0.2, -0.15) is 0 Å². The molecule has 2 aromatic carbocycles. The first kappa shape index (κ1) is 24.6. The van der Waals surface area contributed by atoms with Crippen molar-refractivity contribution in [3.05, 3.63) is 82.5 Å². The van der Waals surface area contributed by atoms with Crippen LogP contribution in [-0.2, 0) is 23.4 Å². The van der Waals surface area contributed by atoms with Gasteiger partial charge in [-0.3, -0.25) is 14.2 Å². The number of amides is 2. The molecule has 0 radical (unpaired) electrons. The average Bonchev–Trinajstić information content (AvgIpc) is 3.48. The van der Waals surface area contributed by atoms with E-state index in [4.69, 9.17) is 5.73 Å². The second-order valence-corrected chi connectivity index (χ2v) is 11.4. The quantitative estimate of drug-likeness (QED) is 0.281. The van der Waals surface area contributed by atoms with Crippen molar-refractivity contribution in [1.82, 2.24) is 14.8 Å². The van der Waals surface area contributed by atoms with Crippen LogP contribution >= 0.6 is 34.9 Å². The van der Waals surface area contributed by atoms with Gasteiger partial charge in [-0.05, 0) is 55.5 Å². The van der Waals surface area contributed by atoms with Gasteiger partial charge < -0.3 is 11.1 Å². The number of thioether (sulfide) groups is 2. The lowest BCUT2D eigenvalue weighted by Gasteiger charge is -2.11. The topological polar surface area (TPSA) is 103 Å². The molecule has 2 aromatic heterocycles. The molecular weight excluding hydrogens is 511 g/mol. The summed E-state index contributed by atoms with van der Waals surface area (Å²) >= 11 is 4.47. The predicted octanol–water partition coefficient (Wildman–Crippen LogP) is 5.33. The zero-order chi connectivity index (χ0) is 24.9. The van der Waals surface area contributed by atoms with Crippen molar-refractivity contribution in [3.63, 3.8) is 0 Å². The van der Waals surface area contributed by atoms with Gasteiger partial charge in [0.25, 0.3) is 5.91 Å². The Bertz CT molecular complexity index is 1370. The Labute approximate surface area is 221 Å². The number of nitrogens with one attached hydrogen (secondary N) is 1. The highest BCUT2D eigenvalue weighted by molar-refractivity contribution is 7.99. The van der Waals surface area contributed by atoms with Crippen LogP contribution in [0.15, 0.2) is 70.7 Å². The van der Waals surface area contributed by atoms with E-state index in [-0.39, 0.29) is 11.7 Å². The van der Waals surface area contributed by atoms with E-state index >= 15 is 0 Å². The van der Waals surface area contributed by atoms with Crippen molar-refractivity contribution in [3.8, 4) is 5.69 Å². The number of rotatable bonds is 9. The SMILES string of the molecule is NC(=O)c1c(NC(=O)CSc2nnc(CSc3ccccc3)n2-c2ccccc2)sc2c1CCCC2. The van der Waals surface area contributed by atoms with Gasteiger partial charge in [0.2, 0.25) is 5.91 Å². The molecule has 184 valence electrons. The summed E-state index contributed by atoms with van der Waals surface area (Å²) in [6.07, 6.45) is 3.88. The summed E-state index contributed by atoms with van der Waals surface area (Å²) in [6, 6.07) is 20.0. The molecule has 0 saturated heterocycles. The third-order valence-electron chi connectivity index (χ3n) is 5.83. The van der Waals surface area contributed by atoms with Crippen LogP contribution in [0.4, 0.5) is 5.00 Å². The number of benzene rings is 2. The molecule has 4 aromatic rings. The molecule has 0 atom stereocenters. The van der Waals surface area contributed by atoms with Crippen LogP contribution in [0.25, 0.3) is 5.69 Å². The Kier molecular flexibility index (Phi) is 7.74. The largest absolute Gasteiger partial charge is 0.365 e. The number of carbonyl (C=O) groups excluding carboxylic acids is 2. The lowest BCUT2D eigenvalue weighted by molar-refractivity contribution is -0.113. The van der Waals surface area contributed by atoms with E-state index in [9.17, 15) is 9.59 Å². The van der Waals surface area contributed by atoms with E-state index < -0.39 is 5.91 Å². The smallest absolute Gasteiger partial charge is 0.251 e. The molecule has 0 aliphatic heterocycles. The first-order chi connectivity index (χ1) is 17.6. The minimum absolute atomic E-state index is 0.136. The fourth-order valence-corrected chi connectivity index (χ4v) is 7.11. The number of hydrogen-bond acceptors (Lipinski definition) is 7. The van der Waals surface area contributed by atoms with Crippen molar-refractivity contribution in [1.29, 1.82) is 0 Å². The standard InChI is InChI=1S/C26H25N5O2S3/c27-24(33)23-19-13-7-8-14-20(19)36-25(23)28-22(32)16-35-26-30-29-21(15-34-18-11-5-2-6-12-18)31(26)17-9-3-1-4-10-17/h1-6,9-12H,7-8,13-16H2,(H2,27,33)(H,28,32). The molecule has 1 aliphatic carbocycles. The monoisotopic (exact) mass is 535 g/mol. The van der Waals surface area contributed by atoms with E-state index in [0.717, 1.165) is 52.5 Å². The Morgan fingerprint density at radius 1 is 0.972 bits per heavy atom. The summed E-state index contributed by atoms with van der Waals surface area (Å²) in [5, 5.41) is 13.0. The molecule has 36 heavy (non-hydrogen) atoms. The van der Waals surface area contributed by atoms with E-state index in [0.29, 0.717) is 21.5 Å². The summed E-state index contributed by atoms with van der Waals surface area (Å²) in [6.45, 7) is 0. The number of carbonyl (C=O) groups is 2. The molecule has 5 rings (SSSR count). The zero-order valence-corrected chi connectivity index (χ0v) is 21.9. The van der Waals surface area contributed by atoms with Gasteiger partial charge in [-0.25, -0.2) is 0 Å². The number of anilines is 1. The molecule has 10 heteroatoms. The van der Waals surface area contributed by atoms with Crippen LogP contribution < -0.4 is 11.1 Å². The van der Waals surface area contributed by atoms with Crippen LogP contribution in [0.1, 0.15) is 39.5 Å². The minimum atomic E-state index is -0.485. The van der Waals surface area contributed by atoms with Gasteiger partial charge in [-0.15, -0.1) is 33.3 Å². The molecule has 2 heterocycles. The predicted molar refractivity (Wildman–Crippen MR) is 146 cm³/mol. The molecule has 0 fully saturated rings. The van der Waals surface area contributed by atoms with Gasteiger partial charge in [0, 0.05) is 15.5 Å². The lowest BCUT2D eigenvalue weighted by atomic mass is 9.95. The van der Waals surface area contributed by atoms with Crippen LogP contribution in [-0.4, -0.2) is 32.3 Å². The average molecular weight is 536 g/mol. The van der Waals surface area contributed by atoms with Crippen LogP contribution in [0, 0.1) is 0 Å². The van der Waals surface area contributed by atoms with Crippen LogP contribution in [0.5, 0.6) is 0 Å². The molecule has 3 N–H and O–H groups in total. The third kappa shape index (κ3) is 5.50. The molecule has 0 saturated carbocycles. The molecule has 1 aliphatic rings. The maximum absolute atomic E-state index is 12.9. The summed E-state index contributed by atoms with van der Waals surface area (Å²) < 4.78 is 1.99. The lowest BCUT2D eigenvalue weighted by Crippen LogP contribution is -2.19. The van der Waals surface area contributed by atoms with E-state index in [1.807, 2.05) is 53.1 Å². The first-order valence-corrected chi connectivity index (χ1v) is 14.4. The maximum Gasteiger partial charge on any atom is 0.251 e. The van der Waals surface area contributed by atoms with Gasteiger partial charge in [-0.1, -0.05) is 48.2 Å². The van der Waals surface area contributed by atoms with Crippen LogP contribution in [0.3, 0.4) is 0 Å². The summed E-state index contributed by atoms with van der Waals surface area (Å²) in [7, 11) is 0. The second kappa shape index (κ2) is 11.3. The first-order valence-electron chi connectivity index (χ1n) is 11.6. The van der Waals surface area contributed by atoms with E-state index in [1.54, 1.807) is 11.8 Å². The number of fused-ring (bicyclic) bond motifs is 1. The number of aryl methyl sites for hydroxylation is 1. The van der Waals surface area contributed by atoms with Gasteiger partial charge >= 0.3 is 0 Å². The number of thiophene rings is 1. The Morgan fingerprint density at radius 2 is 1.69 bits per heavy atom. The number of nitrogens with two attached hydrogens (primary N) is 1. The molecule has 0 unspecified atom stereocenters. The molecule has 0 spiro atoms. The number of para-hydroxylation sites is 1. The second-order valence-electron chi connectivity index (χ2n) is 8.29. The van der Waals surface area contributed by atoms with Crippen molar-refractivity contribution in [2.24, 2.45) is 5.73 Å². The van der Waals surface area contributed by atoms with Crippen molar-refractivity contribution in [2.45, 2.75) is 41.5 Å². The third-order valence-corrected chi connectivity index (χ3v) is 8.97. The summed E-state index contributed by atoms with van der Waals surface area (Å²) in [5.74, 6) is 0.893. The maximum atomic E-state index is 12.9. The Hall–Kier alpha value is -3.08. The highest BCUT2D eigenvalue weighted by Gasteiger charge is 2.25. The minimum Gasteiger partial charge on any atom is -0.365 e. The number of nitrogens with zero attached hydrogens (tertiary/aromatic N) is 3. The van der Waals surface area contributed by atoms with Crippen molar-refractivity contribution in [2.75, 3.05) is 11.1 Å². The number of hydrogen-bond donors (Lipinski definition) is 2. The zero-order valence-electron chi connectivity index (χ0n) is 19.5. The molecular formula is C26H25N5O2S3. The van der Waals surface area contributed by atoms with Crippen LogP contribution in [0.2, 0.25) is 0 Å². The highest BCUT2D eigenvalue weighted by atomic mass is 32.2. The van der Waals surface area contributed by atoms with Gasteiger partial charge in [0.15, 0.2) is 5.16 Å². The van der Waals surface area contributed by atoms with Gasteiger partial charge in [0.1, 0.15) is 10.8 Å². The fraction of sp³-hybridized carbons (Fsp3) is 0.231. The normalized spacial score (nSPS) is 12.8. The van der Waals surface area contributed by atoms with E-state index in [1.165, 1.54) is 23.1 Å². The summed E-state index contributed by atoms with van der Waals surface area (Å²) in [4.78, 5) is 27.3. The molecule has 7 nitrogen and oxygen atoms in total. The fourth-order valence-electron chi connectivity index (χ4n) is 4.20. The highest BCUT2D eigenvalue weighted by Crippen LogP contribution is 2.38. The Balaban J connectivity index is 1.32. The van der Waals surface area contributed by atoms with E-state index in [2.05, 4.69) is 27.6 Å². The molecule has 2 amide bonds. The number of primary amides is 1.